The van der Waals surface area contributed by atoms with Gasteiger partial charge in [0, 0.05) is 29.4 Å². The highest BCUT2D eigenvalue weighted by molar-refractivity contribution is 5.92. The number of nitrogens with zero attached hydrogens (tertiary/aromatic N) is 4. The van der Waals surface area contributed by atoms with E-state index in [-0.39, 0.29) is 5.69 Å². The Morgan fingerprint density at radius 1 is 1.14 bits per heavy atom. The first-order valence-corrected chi connectivity index (χ1v) is 9.35. The molecule has 4 rings (SSSR count). The third-order valence-corrected chi connectivity index (χ3v) is 4.61. The maximum atomic E-state index is 11.2. The third-order valence-electron chi connectivity index (χ3n) is 4.61. The molecule has 0 aliphatic rings. The van der Waals surface area contributed by atoms with E-state index in [4.69, 9.17) is 4.42 Å². The lowest BCUT2D eigenvalue weighted by Crippen LogP contribution is -2.16. The number of non-ortho nitro benzene ring substituents is 1. The first-order chi connectivity index (χ1) is 14.0. The van der Waals surface area contributed by atoms with E-state index in [2.05, 4.69) is 20.2 Å². The molecule has 0 bridgehead atoms. The van der Waals surface area contributed by atoms with Crippen LogP contribution in [0.25, 0.3) is 33.5 Å². The van der Waals surface area contributed by atoms with Crippen LogP contribution in [-0.2, 0) is 0 Å². The molecule has 0 radical (unpaired) electrons. The fraction of sp³-hybridized carbons (Fsp3) is 0.238. The van der Waals surface area contributed by atoms with E-state index in [1.165, 1.54) is 12.1 Å². The molecule has 8 heteroatoms. The summed E-state index contributed by atoms with van der Waals surface area (Å²) in [6.45, 7) is 1.67. The van der Waals surface area contributed by atoms with Crippen LogP contribution in [0.4, 0.5) is 11.5 Å². The zero-order valence-corrected chi connectivity index (χ0v) is 16.3. The van der Waals surface area contributed by atoms with E-state index in [1.54, 1.807) is 6.07 Å². The van der Waals surface area contributed by atoms with E-state index in [0.29, 0.717) is 22.9 Å². The Morgan fingerprint density at radius 3 is 2.72 bits per heavy atom. The number of rotatable bonds is 7. The zero-order valence-electron chi connectivity index (χ0n) is 16.3. The topological polar surface area (TPSA) is 97.3 Å². The maximum Gasteiger partial charge on any atom is 0.271 e. The number of nitrogens with one attached hydrogen (secondary N) is 1. The summed E-state index contributed by atoms with van der Waals surface area (Å²) in [4.78, 5) is 22.1. The van der Waals surface area contributed by atoms with Crippen molar-refractivity contribution in [3.8, 4) is 11.6 Å². The Labute approximate surface area is 167 Å². The fourth-order valence-electron chi connectivity index (χ4n) is 3.17. The van der Waals surface area contributed by atoms with Crippen molar-refractivity contribution >= 4 is 33.4 Å². The number of anilines is 1. The van der Waals surface area contributed by atoms with Gasteiger partial charge in [-0.25, -0.2) is 9.97 Å². The average Bonchev–Trinajstić information content (AvgIpc) is 3.14. The van der Waals surface area contributed by atoms with E-state index in [1.807, 2.05) is 44.4 Å². The van der Waals surface area contributed by atoms with Crippen molar-refractivity contribution in [1.82, 2.24) is 14.9 Å². The maximum absolute atomic E-state index is 11.2. The normalized spacial score (nSPS) is 11.4. The largest absolute Gasteiger partial charge is 0.453 e. The van der Waals surface area contributed by atoms with Crippen molar-refractivity contribution in [1.29, 1.82) is 0 Å². The molecule has 8 nitrogen and oxygen atoms in total. The highest BCUT2D eigenvalue weighted by atomic mass is 16.6. The van der Waals surface area contributed by atoms with Crippen LogP contribution in [0.3, 0.4) is 0 Å². The fourth-order valence-corrected chi connectivity index (χ4v) is 3.17. The first kappa shape index (κ1) is 18.8. The number of para-hydroxylation sites is 1. The van der Waals surface area contributed by atoms with Gasteiger partial charge in [0.05, 0.1) is 10.4 Å². The number of fused-ring (bicyclic) bond motifs is 2. The molecule has 0 aliphatic carbocycles. The van der Waals surface area contributed by atoms with Gasteiger partial charge in [0.2, 0.25) is 0 Å². The monoisotopic (exact) mass is 391 g/mol. The van der Waals surface area contributed by atoms with Crippen molar-refractivity contribution in [3.05, 3.63) is 58.6 Å². The van der Waals surface area contributed by atoms with Crippen molar-refractivity contribution < 1.29 is 9.34 Å². The Kier molecular flexibility index (Phi) is 5.09. The summed E-state index contributed by atoms with van der Waals surface area (Å²) in [5, 5.41) is 16.2. The van der Waals surface area contributed by atoms with Crippen molar-refractivity contribution in [3.63, 3.8) is 0 Å². The second-order valence-corrected chi connectivity index (χ2v) is 7.09. The van der Waals surface area contributed by atoms with E-state index < -0.39 is 4.92 Å². The van der Waals surface area contributed by atoms with Gasteiger partial charge < -0.3 is 14.6 Å². The van der Waals surface area contributed by atoms with Crippen LogP contribution in [0.2, 0.25) is 0 Å². The van der Waals surface area contributed by atoms with Crippen LogP contribution >= 0.6 is 0 Å². The molecule has 2 aromatic carbocycles. The van der Waals surface area contributed by atoms with Crippen LogP contribution in [0.5, 0.6) is 0 Å². The number of hydrogen-bond acceptors (Lipinski definition) is 7. The molecular formula is C21H21N5O3. The summed E-state index contributed by atoms with van der Waals surface area (Å²) in [6, 6.07) is 14.2. The molecule has 0 amide bonds. The van der Waals surface area contributed by atoms with Crippen LogP contribution in [0.15, 0.2) is 52.9 Å². The van der Waals surface area contributed by atoms with Gasteiger partial charge in [-0.1, -0.05) is 18.2 Å². The van der Waals surface area contributed by atoms with Gasteiger partial charge in [0.15, 0.2) is 11.6 Å². The molecule has 4 aromatic rings. The van der Waals surface area contributed by atoms with Crippen LogP contribution < -0.4 is 5.32 Å². The molecular weight excluding hydrogens is 370 g/mol. The summed E-state index contributed by atoms with van der Waals surface area (Å²) in [7, 11) is 4.05. The summed E-state index contributed by atoms with van der Waals surface area (Å²) < 4.78 is 5.90. The molecule has 0 aliphatic heterocycles. The minimum atomic E-state index is -0.424. The molecule has 1 N–H and O–H groups in total. The van der Waals surface area contributed by atoms with Crippen LogP contribution in [-0.4, -0.2) is 47.0 Å². The van der Waals surface area contributed by atoms with Crippen molar-refractivity contribution in [2.45, 2.75) is 6.42 Å². The Hall–Kier alpha value is -3.52. The molecule has 2 heterocycles. The minimum absolute atomic E-state index is 0.00897. The van der Waals surface area contributed by atoms with Crippen molar-refractivity contribution in [2.24, 2.45) is 0 Å². The van der Waals surface area contributed by atoms with Gasteiger partial charge in [-0.3, -0.25) is 10.1 Å². The van der Waals surface area contributed by atoms with Gasteiger partial charge in [0.25, 0.3) is 5.69 Å². The van der Waals surface area contributed by atoms with E-state index in [0.717, 1.165) is 35.9 Å². The predicted molar refractivity (Wildman–Crippen MR) is 113 cm³/mol. The number of hydrogen-bond donors (Lipinski definition) is 1. The zero-order chi connectivity index (χ0) is 20.4. The number of nitro groups is 1. The lowest BCUT2D eigenvalue weighted by atomic mass is 10.2. The second kappa shape index (κ2) is 7.84. The molecule has 0 fully saturated rings. The first-order valence-electron chi connectivity index (χ1n) is 9.35. The quantitative estimate of drug-likeness (QED) is 0.285. The third kappa shape index (κ3) is 4.02. The molecule has 0 unspecified atom stereocenters. The van der Waals surface area contributed by atoms with E-state index in [9.17, 15) is 10.1 Å². The summed E-state index contributed by atoms with van der Waals surface area (Å²) >= 11 is 0. The summed E-state index contributed by atoms with van der Waals surface area (Å²) in [6.07, 6.45) is 0.936. The molecule has 0 saturated carbocycles. The standard InChI is InChI=1S/C21H21N5O3/c1-25(2)11-5-10-22-20-16-9-8-15(26(27)28)13-17(16)23-21(24-20)19-12-14-6-3-4-7-18(14)29-19/h3-4,6-9,12-13H,5,10-11H2,1-2H3,(H,22,23,24). The smallest absolute Gasteiger partial charge is 0.271 e. The summed E-state index contributed by atoms with van der Waals surface area (Å²) in [5.41, 5.74) is 1.23. The Morgan fingerprint density at radius 2 is 1.97 bits per heavy atom. The Balaban J connectivity index is 1.77. The van der Waals surface area contributed by atoms with Crippen LogP contribution in [0.1, 0.15) is 6.42 Å². The van der Waals surface area contributed by atoms with E-state index >= 15 is 0 Å². The number of nitro benzene ring substituents is 1. The number of aromatic nitrogens is 2. The lowest BCUT2D eigenvalue weighted by molar-refractivity contribution is -0.384. The van der Waals surface area contributed by atoms with Gasteiger partial charge in [0.1, 0.15) is 11.4 Å². The number of benzene rings is 2. The van der Waals surface area contributed by atoms with Crippen LogP contribution in [0, 0.1) is 10.1 Å². The second-order valence-electron chi connectivity index (χ2n) is 7.09. The molecule has 148 valence electrons. The average molecular weight is 391 g/mol. The van der Waals surface area contributed by atoms with Gasteiger partial charge in [-0.05, 0) is 45.3 Å². The van der Waals surface area contributed by atoms with Crippen molar-refractivity contribution in [2.75, 3.05) is 32.5 Å². The molecule has 29 heavy (non-hydrogen) atoms. The van der Waals surface area contributed by atoms with Gasteiger partial charge in [-0.15, -0.1) is 0 Å². The lowest BCUT2D eigenvalue weighted by Gasteiger charge is -2.12. The minimum Gasteiger partial charge on any atom is -0.453 e. The SMILES string of the molecule is CN(C)CCCNc1nc(-c2cc3ccccc3o2)nc2cc([N+](=O)[O-])ccc12. The molecule has 0 saturated heterocycles. The molecule has 2 aromatic heterocycles. The molecule has 0 spiro atoms. The van der Waals surface area contributed by atoms with Gasteiger partial charge in [-0.2, -0.15) is 0 Å². The van der Waals surface area contributed by atoms with Gasteiger partial charge >= 0.3 is 0 Å². The Bertz CT molecular complexity index is 1150. The highest BCUT2D eigenvalue weighted by Gasteiger charge is 2.16. The summed E-state index contributed by atoms with van der Waals surface area (Å²) in [5.74, 6) is 1.55. The predicted octanol–water partition coefficient (Wildman–Crippen LogP) is 4.31. The molecule has 0 atom stereocenters. The number of furan rings is 1. The highest BCUT2D eigenvalue weighted by Crippen LogP contribution is 2.30.